The second-order valence-electron chi connectivity index (χ2n) is 6.08. The quantitative estimate of drug-likeness (QED) is 0.878. The Kier molecular flexibility index (Phi) is 4.71. The molecule has 1 aliphatic rings. The third-order valence-corrected chi connectivity index (χ3v) is 5.36. The topological polar surface area (TPSA) is 24.9 Å². The molecule has 3 heteroatoms. The minimum Gasteiger partial charge on any atom is -0.313 e. The predicted molar refractivity (Wildman–Crippen MR) is 90.0 cm³/mol. The maximum Gasteiger partial charge on any atom is 0.0943 e. The Morgan fingerprint density at radius 2 is 2.00 bits per heavy atom. The molecular weight excluding hydrogens is 276 g/mol. The van der Waals surface area contributed by atoms with Crippen molar-refractivity contribution in [2.45, 2.75) is 45.6 Å². The number of benzene rings is 1. The van der Waals surface area contributed by atoms with Gasteiger partial charge in [-0.3, -0.25) is 0 Å². The largest absolute Gasteiger partial charge is 0.313 e. The lowest BCUT2D eigenvalue weighted by molar-refractivity contribution is 0.361. The number of aryl methyl sites for hydroxylation is 1. The predicted octanol–water partition coefficient (Wildman–Crippen LogP) is 3.78. The minimum atomic E-state index is 0.544. The summed E-state index contributed by atoms with van der Waals surface area (Å²) in [4.78, 5) is 4.66. The normalized spacial score (nSPS) is 16.1. The molecule has 21 heavy (non-hydrogen) atoms. The van der Waals surface area contributed by atoms with Gasteiger partial charge < -0.3 is 5.32 Å². The third-order valence-electron chi connectivity index (χ3n) is 4.37. The SMILES string of the molecule is CCCNC(Cc1nc(C)cs1)C1Cc2ccccc2C1. The molecule has 1 heterocycles. The maximum absolute atomic E-state index is 4.66. The summed E-state index contributed by atoms with van der Waals surface area (Å²) in [5.74, 6) is 0.707. The molecule has 0 bridgehead atoms. The van der Waals surface area contributed by atoms with Crippen LogP contribution >= 0.6 is 11.3 Å². The van der Waals surface area contributed by atoms with Crippen molar-refractivity contribution >= 4 is 11.3 Å². The summed E-state index contributed by atoms with van der Waals surface area (Å²) in [6.07, 6.45) is 4.67. The Morgan fingerprint density at radius 1 is 1.29 bits per heavy atom. The van der Waals surface area contributed by atoms with Gasteiger partial charge in [0.05, 0.1) is 5.01 Å². The monoisotopic (exact) mass is 300 g/mol. The van der Waals surface area contributed by atoms with Crippen LogP contribution in [-0.4, -0.2) is 17.6 Å². The fraction of sp³-hybridized carbons (Fsp3) is 0.500. The van der Waals surface area contributed by atoms with Gasteiger partial charge in [0, 0.05) is 23.5 Å². The molecule has 1 N–H and O–H groups in total. The summed E-state index contributed by atoms with van der Waals surface area (Å²) in [6, 6.07) is 9.46. The fourth-order valence-electron chi connectivity index (χ4n) is 3.30. The van der Waals surface area contributed by atoms with E-state index in [1.807, 2.05) is 0 Å². The molecular formula is C18H24N2S. The molecule has 1 aliphatic carbocycles. The van der Waals surface area contributed by atoms with Gasteiger partial charge in [0.1, 0.15) is 0 Å². The van der Waals surface area contributed by atoms with E-state index in [9.17, 15) is 0 Å². The molecule has 0 radical (unpaired) electrons. The maximum atomic E-state index is 4.66. The first kappa shape index (κ1) is 14.7. The lowest BCUT2D eigenvalue weighted by Gasteiger charge is -2.24. The average Bonchev–Trinajstić information content (AvgIpc) is 3.09. The van der Waals surface area contributed by atoms with Gasteiger partial charge in [0.2, 0.25) is 0 Å². The highest BCUT2D eigenvalue weighted by Gasteiger charge is 2.28. The van der Waals surface area contributed by atoms with E-state index in [1.54, 1.807) is 22.5 Å². The molecule has 0 fully saturated rings. The van der Waals surface area contributed by atoms with E-state index in [-0.39, 0.29) is 0 Å². The molecule has 0 saturated heterocycles. The number of fused-ring (bicyclic) bond motifs is 1. The van der Waals surface area contributed by atoms with Gasteiger partial charge in [-0.05, 0) is 49.8 Å². The molecule has 1 unspecified atom stereocenters. The van der Waals surface area contributed by atoms with E-state index >= 15 is 0 Å². The van der Waals surface area contributed by atoms with Gasteiger partial charge in [0.15, 0.2) is 0 Å². The summed E-state index contributed by atoms with van der Waals surface area (Å²) in [5.41, 5.74) is 4.24. The van der Waals surface area contributed by atoms with Crippen molar-refractivity contribution in [3.8, 4) is 0 Å². The zero-order chi connectivity index (χ0) is 14.7. The molecule has 2 aromatic rings. The Hall–Kier alpha value is -1.19. The third kappa shape index (κ3) is 3.53. The van der Waals surface area contributed by atoms with E-state index in [4.69, 9.17) is 0 Å². The van der Waals surface area contributed by atoms with Gasteiger partial charge in [-0.25, -0.2) is 4.98 Å². The second kappa shape index (κ2) is 6.71. The lowest BCUT2D eigenvalue weighted by atomic mass is 9.94. The summed E-state index contributed by atoms with van der Waals surface area (Å²) in [5, 5.41) is 7.21. The van der Waals surface area contributed by atoms with E-state index in [0.29, 0.717) is 12.0 Å². The number of nitrogens with zero attached hydrogens (tertiary/aromatic N) is 1. The highest BCUT2D eigenvalue weighted by molar-refractivity contribution is 7.09. The van der Waals surface area contributed by atoms with Crippen LogP contribution in [-0.2, 0) is 19.3 Å². The average molecular weight is 300 g/mol. The smallest absolute Gasteiger partial charge is 0.0943 e. The summed E-state index contributed by atoms with van der Waals surface area (Å²) >= 11 is 1.80. The van der Waals surface area contributed by atoms with Crippen LogP contribution in [0, 0.1) is 12.8 Å². The van der Waals surface area contributed by atoms with Crippen molar-refractivity contribution in [3.05, 3.63) is 51.5 Å². The van der Waals surface area contributed by atoms with Crippen molar-refractivity contribution in [1.82, 2.24) is 10.3 Å². The van der Waals surface area contributed by atoms with E-state index in [1.165, 1.54) is 24.3 Å². The molecule has 1 aromatic carbocycles. The molecule has 0 aliphatic heterocycles. The number of hydrogen-bond acceptors (Lipinski definition) is 3. The molecule has 2 nitrogen and oxygen atoms in total. The number of rotatable bonds is 6. The highest BCUT2D eigenvalue weighted by atomic mass is 32.1. The van der Waals surface area contributed by atoms with Gasteiger partial charge in [-0.2, -0.15) is 0 Å². The van der Waals surface area contributed by atoms with Crippen LogP contribution in [0.1, 0.15) is 35.2 Å². The van der Waals surface area contributed by atoms with Crippen molar-refractivity contribution in [2.24, 2.45) is 5.92 Å². The Bertz CT molecular complexity index is 565. The summed E-state index contributed by atoms with van der Waals surface area (Å²) < 4.78 is 0. The first-order chi connectivity index (χ1) is 10.3. The van der Waals surface area contributed by atoms with Gasteiger partial charge >= 0.3 is 0 Å². The molecule has 0 spiro atoms. The summed E-state index contributed by atoms with van der Waals surface area (Å²) in [7, 11) is 0. The summed E-state index contributed by atoms with van der Waals surface area (Å²) in [6.45, 7) is 5.42. The van der Waals surface area contributed by atoms with E-state index in [0.717, 1.165) is 18.7 Å². The van der Waals surface area contributed by atoms with Crippen LogP contribution in [0.3, 0.4) is 0 Å². The van der Waals surface area contributed by atoms with Crippen LogP contribution in [0.25, 0.3) is 0 Å². The van der Waals surface area contributed by atoms with Crippen molar-refractivity contribution < 1.29 is 0 Å². The molecule has 1 aromatic heterocycles. The molecule has 1 atom stereocenters. The van der Waals surface area contributed by atoms with Crippen LogP contribution in [0.4, 0.5) is 0 Å². The van der Waals surface area contributed by atoms with E-state index < -0.39 is 0 Å². The molecule has 0 amide bonds. The van der Waals surface area contributed by atoms with Gasteiger partial charge in [-0.15, -0.1) is 11.3 Å². The number of nitrogens with one attached hydrogen (secondary N) is 1. The highest BCUT2D eigenvalue weighted by Crippen LogP contribution is 2.30. The van der Waals surface area contributed by atoms with Crippen LogP contribution in [0.5, 0.6) is 0 Å². The Morgan fingerprint density at radius 3 is 2.57 bits per heavy atom. The van der Waals surface area contributed by atoms with Gasteiger partial charge in [-0.1, -0.05) is 31.2 Å². The zero-order valence-corrected chi connectivity index (χ0v) is 13.7. The van der Waals surface area contributed by atoms with Crippen LogP contribution in [0.2, 0.25) is 0 Å². The van der Waals surface area contributed by atoms with Crippen molar-refractivity contribution in [3.63, 3.8) is 0 Å². The first-order valence-corrected chi connectivity index (χ1v) is 8.85. The van der Waals surface area contributed by atoms with Crippen LogP contribution < -0.4 is 5.32 Å². The minimum absolute atomic E-state index is 0.544. The Labute approximate surface area is 131 Å². The second-order valence-corrected chi connectivity index (χ2v) is 7.03. The lowest BCUT2D eigenvalue weighted by Crippen LogP contribution is -2.39. The Balaban J connectivity index is 1.71. The van der Waals surface area contributed by atoms with Crippen molar-refractivity contribution in [1.29, 1.82) is 0 Å². The molecule has 3 rings (SSSR count). The zero-order valence-electron chi connectivity index (χ0n) is 12.9. The fourth-order valence-corrected chi connectivity index (χ4v) is 4.13. The van der Waals surface area contributed by atoms with E-state index in [2.05, 4.69) is 53.8 Å². The van der Waals surface area contributed by atoms with Crippen molar-refractivity contribution in [2.75, 3.05) is 6.54 Å². The number of aromatic nitrogens is 1. The molecule has 0 saturated carbocycles. The first-order valence-electron chi connectivity index (χ1n) is 7.97. The number of hydrogen-bond donors (Lipinski definition) is 1. The number of thiazole rings is 1. The molecule has 112 valence electrons. The standard InChI is InChI=1S/C18H24N2S/c1-3-8-19-17(11-18-20-13(2)12-21-18)16-9-14-6-4-5-7-15(14)10-16/h4-7,12,16-17,19H,3,8-11H2,1-2H3. The van der Waals surface area contributed by atoms with Crippen LogP contribution in [0.15, 0.2) is 29.6 Å². The van der Waals surface area contributed by atoms with Gasteiger partial charge in [0.25, 0.3) is 0 Å².